The molecule has 15 heavy (non-hydrogen) atoms. The first-order valence-electron chi connectivity index (χ1n) is 4.92. The van der Waals surface area contributed by atoms with Crippen molar-refractivity contribution in [3.05, 3.63) is 12.2 Å². The number of carbonyl (C=O) groups excluding carboxylic acids is 1. The van der Waals surface area contributed by atoms with Crippen LogP contribution in [0.4, 0.5) is 0 Å². The first-order chi connectivity index (χ1) is 7.13. The third-order valence-corrected chi connectivity index (χ3v) is 2.11. The molecule has 0 saturated heterocycles. The molecule has 0 spiro atoms. The summed E-state index contributed by atoms with van der Waals surface area (Å²) in [7, 11) is 3.59. The number of likely N-dealkylation sites (N-methyl/N-ethyl adjacent to an activating group) is 1. The number of aryl methyl sites for hydroxylation is 1. The van der Waals surface area contributed by atoms with E-state index in [2.05, 4.69) is 15.4 Å². The van der Waals surface area contributed by atoms with Gasteiger partial charge in [-0.3, -0.25) is 9.48 Å². The van der Waals surface area contributed by atoms with Gasteiger partial charge in [0.1, 0.15) is 6.33 Å². The van der Waals surface area contributed by atoms with Crippen molar-refractivity contribution in [1.29, 1.82) is 0 Å². The van der Waals surface area contributed by atoms with Gasteiger partial charge in [-0.15, -0.1) is 0 Å². The van der Waals surface area contributed by atoms with Gasteiger partial charge in [-0.05, 0) is 6.92 Å². The van der Waals surface area contributed by atoms with Gasteiger partial charge in [0, 0.05) is 20.6 Å². The minimum Gasteiger partial charge on any atom is -0.345 e. The molecule has 0 unspecified atom stereocenters. The van der Waals surface area contributed by atoms with Crippen molar-refractivity contribution in [3.63, 3.8) is 0 Å². The molecular formula is C9H17N5O. The Kier molecular flexibility index (Phi) is 4.23. The number of rotatable bonds is 5. The second kappa shape index (κ2) is 5.45. The van der Waals surface area contributed by atoms with Gasteiger partial charge in [0.25, 0.3) is 0 Å². The summed E-state index contributed by atoms with van der Waals surface area (Å²) in [4.78, 5) is 17.1. The van der Waals surface area contributed by atoms with Crippen LogP contribution in [0.2, 0.25) is 0 Å². The lowest BCUT2D eigenvalue weighted by Gasteiger charge is -2.14. The van der Waals surface area contributed by atoms with Crippen molar-refractivity contribution >= 4 is 5.91 Å². The summed E-state index contributed by atoms with van der Waals surface area (Å²) in [5, 5.41) is 7.09. The molecule has 0 bridgehead atoms. The quantitative estimate of drug-likeness (QED) is 0.705. The van der Waals surface area contributed by atoms with Crippen molar-refractivity contribution in [2.24, 2.45) is 7.05 Å². The van der Waals surface area contributed by atoms with Crippen LogP contribution in [-0.2, 0) is 18.4 Å². The van der Waals surface area contributed by atoms with Gasteiger partial charge in [-0.2, -0.15) is 5.10 Å². The average molecular weight is 211 g/mol. The molecule has 1 amide bonds. The van der Waals surface area contributed by atoms with Crippen LogP contribution < -0.4 is 5.32 Å². The maximum Gasteiger partial charge on any atom is 0.236 e. The summed E-state index contributed by atoms with van der Waals surface area (Å²) in [6, 6.07) is 0. The minimum atomic E-state index is 0.0773. The summed E-state index contributed by atoms with van der Waals surface area (Å²) in [6.45, 7) is 3.51. The molecule has 0 radical (unpaired) electrons. The van der Waals surface area contributed by atoms with Crippen molar-refractivity contribution < 1.29 is 4.79 Å². The molecule has 1 rings (SSSR count). The zero-order valence-corrected chi connectivity index (χ0v) is 9.40. The van der Waals surface area contributed by atoms with Crippen molar-refractivity contribution in [2.45, 2.75) is 13.5 Å². The number of nitrogens with zero attached hydrogens (tertiary/aromatic N) is 4. The maximum absolute atomic E-state index is 11.4. The predicted molar refractivity (Wildman–Crippen MR) is 56.0 cm³/mol. The van der Waals surface area contributed by atoms with Gasteiger partial charge in [0.05, 0.1) is 13.1 Å². The second-order valence-electron chi connectivity index (χ2n) is 3.35. The van der Waals surface area contributed by atoms with Crippen molar-refractivity contribution in [1.82, 2.24) is 25.0 Å². The molecule has 1 aromatic heterocycles. The SMILES string of the molecule is CCN(C)C(=O)CNCc1ncn(C)n1. The molecule has 6 nitrogen and oxygen atoms in total. The zero-order valence-electron chi connectivity index (χ0n) is 9.40. The van der Waals surface area contributed by atoms with Gasteiger partial charge in [-0.1, -0.05) is 0 Å². The number of nitrogens with one attached hydrogen (secondary N) is 1. The van der Waals surface area contributed by atoms with E-state index in [4.69, 9.17) is 0 Å². The highest BCUT2D eigenvalue weighted by Crippen LogP contribution is 1.87. The van der Waals surface area contributed by atoms with Crippen LogP contribution >= 0.6 is 0 Å². The molecule has 1 heterocycles. The summed E-state index contributed by atoms with van der Waals surface area (Å²) in [5.41, 5.74) is 0. The number of aromatic nitrogens is 3. The fourth-order valence-electron chi connectivity index (χ4n) is 1.06. The molecule has 0 aromatic carbocycles. The summed E-state index contributed by atoms with van der Waals surface area (Å²) < 4.78 is 1.64. The lowest BCUT2D eigenvalue weighted by molar-refractivity contribution is -0.128. The Morgan fingerprint density at radius 3 is 2.93 bits per heavy atom. The monoisotopic (exact) mass is 211 g/mol. The molecule has 0 atom stereocenters. The van der Waals surface area contributed by atoms with Crippen LogP contribution in [0.15, 0.2) is 6.33 Å². The zero-order chi connectivity index (χ0) is 11.3. The molecule has 0 aliphatic carbocycles. The van der Waals surface area contributed by atoms with Crippen LogP contribution in [0, 0.1) is 0 Å². The average Bonchev–Trinajstić information content (AvgIpc) is 2.63. The standard InChI is InChI=1S/C9H17N5O/c1-4-13(2)9(15)6-10-5-8-11-7-14(3)12-8/h7,10H,4-6H2,1-3H3. The highest BCUT2D eigenvalue weighted by Gasteiger charge is 2.06. The molecule has 6 heteroatoms. The lowest BCUT2D eigenvalue weighted by atomic mass is 10.5. The van der Waals surface area contributed by atoms with Gasteiger partial charge < -0.3 is 10.2 Å². The summed E-state index contributed by atoms with van der Waals surface area (Å²) in [6.07, 6.45) is 1.64. The van der Waals surface area contributed by atoms with Crippen LogP contribution in [0.5, 0.6) is 0 Å². The topological polar surface area (TPSA) is 63.1 Å². The first kappa shape index (κ1) is 11.6. The van der Waals surface area contributed by atoms with Crippen molar-refractivity contribution in [2.75, 3.05) is 20.1 Å². The Labute approximate surface area is 89.3 Å². The molecule has 0 aliphatic heterocycles. The van der Waals surface area contributed by atoms with Gasteiger partial charge in [0.2, 0.25) is 5.91 Å². The molecule has 84 valence electrons. The molecular weight excluding hydrogens is 194 g/mol. The molecule has 0 fully saturated rings. The van der Waals surface area contributed by atoms with Crippen LogP contribution in [0.25, 0.3) is 0 Å². The fraction of sp³-hybridized carbons (Fsp3) is 0.667. The normalized spacial score (nSPS) is 10.3. The highest BCUT2D eigenvalue weighted by atomic mass is 16.2. The van der Waals surface area contributed by atoms with E-state index in [0.29, 0.717) is 18.9 Å². The Hall–Kier alpha value is -1.43. The van der Waals surface area contributed by atoms with Gasteiger partial charge in [0.15, 0.2) is 5.82 Å². The summed E-state index contributed by atoms with van der Waals surface area (Å²) >= 11 is 0. The molecule has 0 saturated carbocycles. The number of hydrogen-bond donors (Lipinski definition) is 1. The third-order valence-electron chi connectivity index (χ3n) is 2.11. The number of carbonyl (C=O) groups is 1. The predicted octanol–water partition coefficient (Wildman–Crippen LogP) is -0.617. The summed E-state index contributed by atoms with van der Waals surface area (Å²) in [5.74, 6) is 0.776. The Morgan fingerprint density at radius 2 is 2.40 bits per heavy atom. The molecule has 0 aliphatic rings. The maximum atomic E-state index is 11.4. The van der Waals surface area contributed by atoms with E-state index < -0.39 is 0 Å². The second-order valence-corrected chi connectivity index (χ2v) is 3.35. The van der Waals surface area contributed by atoms with E-state index in [1.807, 2.05) is 14.0 Å². The largest absolute Gasteiger partial charge is 0.345 e. The van der Waals surface area contributed by atoms with E-state index in [9.17, 15) is 4.79 Å². The van der Waals surface area contributed by atoms with Crippen LogP contribution in [0.1, 0.15) is 12.7 Å². The van der Waals surface area contributed by atoms with Crippen LogP contribution in [0.3, 0.4) is 0 Å². The molecule has 1 aromatic rings. The van der Waals surface area contributed by atoms with Crippen molar-refractivity contribution in [3.8, 4) is 0 Å². The van der Waals surface area contributed by atoms with Crippen LogP contribution in [-0.4, -0.2) is 45.7 Å². The third kappa shape index (κ3) is 3.67. The lowest BCUT2D eigenvalue weighted by Crippen LogP contribution is -2.35. The van der Waals surface area contributed by atoms with Gasteiger partial charge in [-0.25, -0.2) is 4.98 Å². The highest BCUT2D eigenvalue weighted by molar-refractivity contribution is 5.77. The van der Waals surface area contributed by atoms with E-state index in [1.54, 1.807) is 23.0 Å². The number of hydrogen-bond acceptors (Lipinski definition) is 4. The Morgan fingerprint density at radius 1 is 1.67 bits per heavy atom. The fourth-order valence-corrected chi connectivity index (χ4v) is 1.06. The smallest absolute Gasteiger partial charge is 0.236 e. The number of amides is 1. The first-order valence-corrected chi connectivity index (χ1v) is 4.92. The minimum absolute atomic E-state index is 0.0773. The van der Waals surface area contributed by atoms with E-state index in [0.717, 1.165) is 6.54 Å². The van der Waals surface area contributed by atoms with Gasteiger partial charge >= 0.3 is 0 Å². The molecule has 1 N–H and O–H groups in total. The Bertz CT molecular complexity index is 322. The Balaban J connectivity index is 2.24. The van der Waals surface area contributed by atoms with E-state index >= 15 is 0 Å². The van der Waals surface area contributed by atoms with E-state index in [-0.39, 0.29) is 5.91 Å². The van der Waals surface area contributed by atoms with E-state index in [1.165, 1.54) is 0 Å².